The number of hydrogen-bond donors (Lipinski definition) is 1. The zero-order chi connectivity index (χ0) is 16.1. The molecule has 0 atom stereocenters. The highest BCUT2D eigenvalue weighted by Gasteiger charge is 2.27. The summed E-state index contributed by atoms with van der Waals surface area (Å²) < 4.78 is 59.2. The third-order valence-electron chi connectivity index (χ3n) is 3.52. The monoisotopic (exact) mass is 358 g/mol. The maximum absolute atomic E-state index is 13.9. The number of benzene rings is 1. The predicted molar refractivity (Wildman–Crippen MR) is 74.2 cm³/mol. The van der Waals surface area contributed by atoms with Gasteiger partial charge in [-0.3, -0.25) is 0 Å². The molecule has 0 saturated heterocycles. The van der Waals surface area contributed by atoms with E-state index >= 15 is 0 Å². The molecule has 0 unspecified atom stereocenters. The minimum atomic E-state index is -1.58. The topological polar surface area (TPSA) is 38.7 Å². The zero-order valence-corrected chi connectivity index (χ0v) is 13.0. The minimum Gasteiger partial charge on any atom is -0.220 e. The van der Waals surface area contributed by atoms with E-state index in [9.17, 15) is 17.6 Å². The molecule has 1 aliphatic rings. The number of thioether (sulfide) groups is 1. The van der Waals surface area contributed by atoms with Gasteiger partial charge in [-0.1, -0.05) is 24.3 Å². The Morgan fingerprint density at radius 1 is 0.909 bits per heavy atom. The molecule has 1 saturated carbocycles. The van der Waals surface area contributed by atoms with Crippen LogP contribution < -0.4 is 0 Å². The van der Waals surface area contributed by atoms with E-state index in [0.717, 1.165) is 43.9 Å². The molecule has 0 bridgehead atoms. The Bertz CT molecular complexity index is 495. The van der Waals surface area contributed by atoms with Crippen molar-refractivity contribution in [3.05, 3.63) is 23.3 Å². The van der Waals surface area contributed by atoms with Gasteiger partial charge in [-0.25, -0.2) is 22.8 Å². The van der Waals surface area contributed by atoms with E-state index in [1.807, 2.05) is 0 Å². The standard InChI is InChI=1S/C13H14F4O3S2/c14-8-10(16)13(22-20-19-18)11(17)9(15)12(8)21-6-7-4-2-1-3-5-7/h7,18H,1-6H2. The van der Waals surface area contributed by atoms with Crippen LogP contribution >= 0.6 is 23.8 Å². The summed E-state index contributed by atoms with van der Waals surface area (Å²) >= 11 is 0.626. The average Bonchev–Trinajstić information content (AvgIpc) is 2.54. The summed E-state index contributed by atoms with van der Waals surface area (Å²) in [5.74, 6) is -5.38. The fourth-order valence-electron chi connectivity index (χ4n) is 2.40. The average molecular weight is 358 g/mol. The van der Waals surface area contributed by atoms with E-state index in [-0.39, 0.29) is 12.0 Å². The van der Waals surface area contributed by atoms with Crippen molar-refractivity contribution in [1.29, 1.82) is 0 Å². The summed E-state index contributed by atoms with van der Waals surface area (Å²) in [6, 6.07) is 0. The Hall–Kier alpha value is -0.480. The van der Waals surface area contributed by atoms with Crippen LogP contribution in [0.2, 0.25) is 0 Å². The smallest absolute Gasteiger partial charge is 0.179 e. The van der Waals surface area contributed by atoms with Crippen LogP contribution in [-0.2, 0) is 9.37 Å². The highest BCUT2D eigenvalue weighted by Crippen LogP contribution is 2.38. The van der Waals surface area contributed by atoms with Crippen molar-refractivity contribution < 1.29 is 32.2 Å². The van der Waals surface area contributed by atoms with Crippen molar-refractivity contribution in [3.63, 3.8) is 0 Å². The van der Waals surface area contributed by atoms with Crippen LogP contribution in [0.4, 0.5) is 17.6 Å². The summed E-state index contributed by atoms with van der Waals surface area (Å²) in [7, 11) is 0. The van der Waals surface area contributed by atoms with Gasteiger partial charge in [-0.2, -0.15) is 0 Å². The van der Waals surface area contributed by atoms with E-state index < -0.39 is 33.1 Å². The van der Waals surface area contributed by atoms with E-state index in [1.54, 1.807) is 0 Å². The second-order valence-corrected chi connectivity index (χ2v) is 6.70. The SMILES string of the molecule is OOOSc1c(F)c(F)c(SCC2CCCCC2)c(F)c1F. The van der Waals surface area contributed by atoms with Crippen LogP contribution in [0.5, 0.6) is 0 Å². The molecular formula is C13H14F4O3S2. The van der Waals surface area contributed by atoms with E-state index in [4.69, 9.17) is 5.26 Å². The molecule has 1 aliphatic carbocycles. The summed E-state index contributed by atoms with van der Waals surface area (Å²) in [5, 5.41) is 11.1. The summed E-state index contributed by atoms with van der Waals surface area (Å²) in [5.41, 5.74) is 0. The molecule has 0 heterocycles. The third kappa shape index (κ3) is 4.08. The number of hydrogen-bond acceptors (Lipinski definition) is 5. The Morgan fingerprint density at radius 2 is 1.45 bits per heavy atom. The third-order valence-corrected chi connectivity index (χ3v) is 5.46. The van der Waals surface area contributed by atoms with Gasteiger partial charge in [0, 0.05) is 5.75 Å². The molecule has 1 fully saturated rings. The van der Waals surface area contributed by atoms with Crippen LogP contribution in [-0.4, -0.2) is 11.0 Å². The van der Waals surface area contributed by atoms with Gasteiger partial charge in [0.2, 0.25) is 0 Å². The molecule has 2 rings (SSSR count). The predicted octanol–water partition coefficient (Wildman–Crippen LogP) is 5.34. The molecule has 1 aromatic rings. The van der Waals surface area contributed by atoms with Gasteiger partial charge < -0.3 is 0 Å². The van der Waals surface area contributed by atoms with Crippen LogP contribution in [0.15, 0.2) is 9.79 Å². The molecule has 124 valence electrons. The molecule has 0 aliphatic heterocycles. The van der Waals surface area contributed by atoms with Gasteiger partial charge >= 0.3 is 0 Å². The molecule has 9 heteroatoms. The van der Waals surface area contributed by atoms with Crippen molar-refractivity contribution in [2.24, 2.45) is 5.92 Å². The van der Waals surface area contributed by atoms with Crippen molar-refractivity contribution in [3.8, 4) is 0 Å². The summed E-state index contributed by atoms with van der Waals surface area (Å²) in [6.07, 6.45) is 5.18. The van der Waals surface area contributed by atoms with Gasteiger partial charge in [-0.15, -0.1) is 16.1 Å². The molecular weight excluding hydrogens is 344 g/mol. The molecule has 0 aromatic heterocycles. The highest BCUT2D eigenvalue weighted by molar-refractivity contribution is 7.99. The molecule has 22 heavy (non-hydrogen) atoms. The molecule has 0 radical (unpaired) electrons. The fourth-order valence-corrected chi connectivity index (χ4v) is 3.99. The Kier molecular flexibility index (Phi) is 6.82. The van der Waals surface area contributed by atoms with Gasteiger partial charge in [0.25, 0.3) is 0 Å². The van der Waals surface area contributed by atoms with Crippen molar-refractivity contribution in [2.45, 2.75) is 41.9 Å². The van der Waals surface area contributed by atoms with Gasteiger partial charge in [-0.05, 0) is 18.8 Å². The lowest BCUT2D eigenvalue weighted by molar-refractivity contribution is -0.432. The molecule has 0 amide bonds. The second-order valence-electron chi connectivity index (χ2n) is 4.96. The van der Waals surface area contributed by atoms with Crippen LogP contribution in [0.25, 0.3) is 0 Å². The van der Waals surface area contributed by atoms with E-state index in [0.29, 0.717) is 11.7 Å². The molecule has 1 aromatic carbocycles. The Balaban J connectivity index is 2.16. The molecule has 3 nitrogen and oxygen atoms in total. The quantitative estimate of drug-likeness (QED) is 0.185. The maximum atomic E-state index is 13.9. The largest absolute Gasteiger partial charge is 0.220 e. The van der Waals surface area contributed by atoms with Gasteiger partial charge in [0.15, 0.2) is 23.3 Å². The van der Waals surface area contributed by atoms with Crippen molar-refractivity contribution in [2.75, 3.05) is 5.75 Å². The Labute approximate surface area is 133 Å². The second kappa shape index (κ2) is 8.39. The maximum Gasteiger partial charge on any atom is 0.179 e. The van der Waals surface area contributed by atoms with Crippen molar-refractivity contribution in [1.82, 2.24) is 0 Å². The first kappa shape index (κ1) is 17.9. The Morgan fingerprint density at radius 3 is 2.00 bits per heavy atom. The fraction of sp³-hybridized carbons (Fsp3) is 0.538. The van der Waals surface area contributed by atoms with Crippen LogP contribution in [0.1, 0.15) is 32.1 Å². The summed E-state index contributed by atoms with van der Waals surface area (Å²) in [4.78, 5) is -1.72. The lowest BCUT2D eigenvalue weighted by Gasteiger charge is -2.21. The molecule has 1 N–H and O–H groups in total. The van der Waals surface area contributed by atoms with Crippen LogP contribution in [0.3, 0.4) is 0 Å². The van der Waals surface area contributed by atoms with Crippen molar-refractivity contribution >= 4 is 23.8 Å². The first-order valence-corrected chi connectivity index (χ1v) is 8.42. The number of rotatable bonds is 6. The van der Waals surface area contributed by atoms with Gasteiger partial charge in [0.05, 0.1) is 16.9 Å². The van der Waals surface area contributed by atoms with E-state index in [2.05, 4.69) is 9.37 Å². The van der Waals surface area contributed by atoms with E-state index in [1.165, 1.54) is 0 Å². The van der Waals surface area contributed by atoms with Crippen LogP contribution in [0, 0.1) is 29.2 Å². The lowest BCUT2D eigenvalue weighted by Crippen LogP contribution is -2.10. The first-order valence-electron chi connectivity index (χ1n) is 6.69. The summed E-state index contributed by atoms with van der Waals surface area (Å²) in [6.45, 7) is 0. The normalized spacial score (nSPS) is 16.2. The van der Waals surface area contributed by atoms with Gasteiger partial charge in [0.1, 0.15) is 4.90 Å². The highest BCUT2D eigenvalue weighted by atomic mass is 32.2. The lowest BCUT2D eigenvalue weighted by atomic mass is 9.91. The minimum absolute atomic E-state index is 0.155. The first-order chi connectivity index (χ1) is 10.6. The zero-order valence-electron chi connectivity index (χ0n) is 11.4. The molecule has 0 spiro atoms. The number of halogens is 4.